The van der Waals surface area contributed by atoms with Gasteiger partial charge in [0.2, 0.25) is 21.8 Å². The number of carbonyl (C=O) groups is 2. The fourth-order valence-corrected chi connectivity index (χ4v) is 4.49. The number of carbonyl (C=O) groups excluding carboxylic acids is 2. The molecule has 1 unspecified atom stereocenters. The number of hydrogen-bond donors (Lipinski definition) is 1. The van der Waals surface area contributed by atoms with Crippen LogP contribution in [0.15, 0.2) is 53.0 Å². The third-order valence-electron chi connectivity index (χ3n) is 4.86. The molecule has 1 atom stereocenters. The Bertz CT molecular complexity index is 1090. The van der Waals surface area contributed by atoms with Gasteiger partial charge in [-0.05, 0) is 50.6 Å². The summed E-state index contributed by atoms with van der Waals surface area (Å²) in [6, 6.07) is 12.9. The lowest BCUT2D eigenvalue weighted by atomic mass is 10.1. The van der Waals surface area contributed by atoms with Crippen LogP contribution < -0.4 is 14.4 Å². The van der Waals surface area contributed by atoms with Gasteiger partial charge >= 0.3 is 0 Å². The quantitative estimate of drug-likeness (QED) is 0.500. The van der Waals surface area contributed by atoms with Crippen molar-refractivity contribution < 1.29 is 22.7 Å². The number of ether oxygens (including phenoxy) is 1. The van der Waals surface area contributed by atoms with Gasteiger partial charge in [-0.3, -0.25) is 13.9 Å². The van der Waals surface area contributed by atoms with Crippen LogP contribution >= 0.6 is 15.9 Å². The number of anilines is 1. The van der Waals surface area contributed by atoms with Crippen molar-refractivity contribution in [3.63, 3.8) is 0 Å². The summed E-state index contributed by atoms with van der Waals surface area (Å²) in [4.78, 5) is 27.6. The number of nitrogens with zero attached hydrogens (tertiary/aromatic N) is 2. The first-order valence-electron chi connectivity index (χ1n) is 10.4. The molecule has 180 valence electrons. The zero-order valence-electron chi connectivity index (χ0n) is 19.4. The summed E-state index contributed by atoms with van der Waals surface area (Å²) in [5.41, 5.74) is 1.10. The van der Waals surface area contributed by atoms with E-state index >= 15 is 0 Å². The van der Waals surface area contributed by atoms with E-state index in [0.717, 1.165) is 20.6 Å². The van der Waals surface area contributed by atoms with Crippen LogP contribution in [0.4, 0.5) is 5.69 Å². The Hall–Kier alpha value is -2.59. The molecule has 0 fully saturated rings. The highest BCUT2D eigenvalue weighted by Gasteiger charge is 2.30. The van der Waals surface area contributed by atoms with E-state index in [2.05, 4.69) is 21.2 Å². The second-order valence-corrected chi connectivity index (χ2v) is 10.8. The highest BCUT2D eigenvalue weighted by atomic mass is 79.9. The van der Waals surface area contributed by atoms with Gasteiger partial charge in [0.1, 0.15) is 18.3 Å². The SMILES string of the molecule is COc1cccc(N(CC(=O)N(Cc2cccc(Br)c2)C(C)C(=O)NC(C)C)S(C)(=O)=O)c1. The Balaban J connectivity index is 2.40. The van der Waals surface area contributed by atoms with Gasteiger partial charge in [-0.1, -0.05) is 34.1 Å². The van der Waals surface area contributed by atoms with Crippen LogP contribution in [0.2, 0.25) is 0 Å². The van der Waals surface area contributed by atoms with Crippen LogP contribution in [0, 0.1) is 0 Å². The number of rotatable bonds is 10. The molecule has 0 aliphatic heterocycles. The normalized spacial score (nSPS) is 12.2. The lowest BCUT2D eigenvalue weighted by molar-refractivity contribution is -0.139. The van der Waals surface area contributed by atoms with Crippen molar-refractivity contribution in [1.29, 1.82) is 0 Å². The maximum absolute atomic E-state index is 13.4. The lowest BCUT2D eigenvalue weighted by Gasteiger charge is -2.32. The minimum atomic E-state index is -3.79. The Morgan fingerprint density at radius 3 is 2.33 bits per heavy atom. The van der Waals surface area contributed by atoms with Crippen LogP contribution in [-0.4, -0.2) is 57.1 Å². The Morgan fingerprint density at radius 1 is 1.09 bits per heavy atom. The lowest BCUT2D eigenvalue weighted by Crippen LogP contribution is -2.52. The topological polar surface area (TPSA) is 96.0 Å². The van der Waals surface area contributed by atoms with E-state index in [9.17, 15) is 18.0 Å². The van der Waals surface area contributed by atoms with E-state index in [1.54, 1.807) is 31.2 Å². The van der Waals surface area contributed by atoms with Gasteiger partial charge in [0, 0.05) is 23.1 Å². The first kappa shape index (κ1) is 26.7. The van der Waals surface area contributed by atoms with Gasteiger partial charge in [0.15, 0.2) is 0 Å². The van der Waals surface area contributed by atoms with Gasteiger partial charge in [-0.25, -0.2) is 8.42 Å². The molecule has 0 aliphatic carbocycles. The molecule has 2 amide bonds. The zero-order chi connectivity index (χ0) is 24.8. The van der Waals surface area contributed by atoms with Crippen LogP contribution in [0.1, 0.15) is 26.3 Å². The van der Waals surface area contributed by atoms with Crippen molar-refractivity contribution >= 4 is 43.5 Å². The summed E-state index contributed by atoms with van der Waals surface area (Å²) in [5, 5.41) is 2.81. The predicted octanol–water partition coefficient (Wildman–Crippen LogP) is 3.17. The van der Waals surface area contributed by atoms with Crippen molar-refractivity contribution in [2.45, 2.75) is 39.4 Å². The molecule has 0 saturated carbocycles. The molecule has 0 bridgehead atoms. The minimum Gasteiger partial charge on any atom is -0.497 e. The monoisotopic (exact) mass is 539 g/mol. The first-order valence-corrected chi connectivity index (χ1v) is 13.0. The Kier molecular flexibility index (Phi) is 9.30. The van der Waals surface area contributed by atoms with E-state index in [4.69, 9.17) is 4.74 Å². The molecule has 8 nitrogen and oxygen atoms in total. The van der Waals surface area contributed by atoms with Crippen molar-refractivity contribution in [2.24, 2.45) is 0 Å². The Morgan fingerprint density at radius 2 is 1.76 bits per heavy atom. The van der Waals surface area contributed by atoms with Gasteiger partial charge in [-0.2, -0.15) is 0 Å². The third kappa shape index (κ3) is 7.75. The van der Waals surface area contributed by atoms with E-state index in [1.807, 2.05) is 38.1 Å². The molecule has 33 heavy (non-hydrogen) atoms. The highest BCUT2D eigenvalue weighted by Crippen LogP contribution is 2.24. The number of hydrogen-bond acceptors (Lipinski definition) is 5. The second kappa shape index (κ2) is 11.5. The largest absolute Gasteiger partial charge is 0.497 e. The fourth-order valence-electron chi connectivity index (χ4n) is 3.20. The molecule has 0 radical (unpaired) electrons. The summed E-state index contributed by atoms with van der Waals surface area (Å²) in [7, 11) is -2.32. The van der Waals surface area contributed by atoms with E-state index in [-0.39, 0.29) is 18.5 Å². The molecule has 0 aliphatic rings. The fraction of sp³-hybridized carbons (Fsp3) is 0.391. The zero-order valence-corrected chi connectivity index (χ0v) is 21.8. The predicted molar refractivity (Wildman–Crippen MR) is 133 cm³/mol. The number of nitrogens with one attached hydrogen (secondary N) is 1. The van der Waals surface area contributed by atoms with E-state index in [0.29, 0.717) is 11.4 Å². The number of methoxy groups -OCH3 is 1. The average Bonchev–Trinajstić information content (AvgIpc) is 2.74. The maximum Gasteiger partial charge on any atom is 0.244 e. The molecule has 0 aromatic heterocycles. The first-order chi connectivity index (χ1) is 15.4. The molecule has 10 heteroatoms. The molecule has 2 aromatic carbocycles. The maximum atomic E-state index is 13.4. The smallest absolute Gasteiger partial charge is 0.244 e. The van der Waals surface area contributed by atoms with Gasteiger partial charge < -0.3 is 15.0 Å². The molecule has 0 heterocycles. The van der Waals surface area contributed by atoms with Crippen LogP contribution in [0.25, 0.3) is 0 Å². The van der Waals surface area contributed by atoms with Gasteiger partial charge in [0.25, 0.3) is 0 Å². The second-order valence-electron chi connectivity index (χ2n) is 7.96. The summed E-state index contributed by atoms with van der Waals surface area (Å²) in [6.45, 7) is 4.97. The molecule has 0 saturated heterocycles. The standard InChI is InChI=1S/C23H30BrN3O5S/c1-16(2)25-23(29)17(3)26(14-18-8-6-9-19(24)12-18)22(28)15-27(33(5,30)31)20-10-7-11-21(13-20)32-4/h6-13,16-17H,14-15H2,1-5H3,(H,25,29). The van der Waals surface area contributed by atoms with Crippen molar-refractivity contribution in [2.75, 3.05) is 24.2 Å². The minimum absolute atomic E-state index is 0.105. The summed E-state index contributed by atoms with van der Waals surface area (Å²) < 4.78 is 32.2. The number of amides is 2. The number of halogens is 1. The molecule has 2 rings (SSSR count). The molecule has 0 spiro atoms. The third-order valence-corrected chi connectivity index (χ3v) is 6.49. The number of benzene rings is 2. The van der Waals surface area contributed by atoms with Crippen LogP contribution in [0.5, 0.6) is 5.75 Å². The van der Waals surface area contributed by atoms with Crippen LogP contribution in [-0.2, 0) is 26.2 Å². The van der Waals surface area contributed by atoms with Crippen molar-refractivity contribution in [3.05, 3.63) is 58.6 Å². The van der Waals surface area contributed by atoms with Crippen LogP contribution in [0.3, 0.4) is 0 Å². The Labute approximate surface area is 204 Å². The van der Waals surface area contributed by atoms with Crippen molar-refractivity contribution in [3.8, 4) is 5.75 Å². The number of sulfonamides is 1. The van der Waals surface area contributed by atoms with Gasteiger partial charge in [-0.15, -0.1) is 0 Å². The average molecular weight is 540 g/mol. The molecule has 2 aromatic rings. The molecule has 1 N–H and O–H groups in total. The molecular weight excluding hydrogens is 510 g/mol. The van der Waals surface area contributed by atoms with Gasteiger partial charge in [0.05, 0.1) is 19.1 Å². The summed E-state index contributed by atoms with van der Waals surface area (Å²) in [5.74, 6) is -0.362. The summed E-state index contributed by atoms with van der Waals surface area (Å²) >= 11 is 3.42. The van der Waals surface area contributed by atoms with E-state index < -0.39 is 28.5 Å². The van der Waals surface area contributed by atoms with E-state index in [1.165, 1.54) is 12.0 Å². The molecular formula is C23H30BrN3O5S. The highest BCUT2D eigenvalue weighted by molar-refractivity contribution is 9.10. The van der Waals surface area contributed by atoms with Crippen molar-refractivity contribution in [1.82, 2.24) is 10.2 Å². The summed E-state index contributed by atoms with van der Waals surface area (Å²) in [6.07, 6.45) is 1.04.